The number of nitrogens with zero attached hydrogens (tertiary/aromatic N) is 2. The van der Waals surface area contributed by atoms with E-state index in [1.165, 1.54) is 0 Å². The molecule has 4 rings (SSSR count). The maximum atomic E-state index is 12.0. The number of nitrogens with one attached hydrogen (secondary N) is 1. The molecule has 38 heavy (non-hydrogen) atoms. The van der Waals surface area contributed by atoms with Crippen LogP contribution in [0, 0.1) is 28.4 Å². The number of nitriles is 1. The number of nitro groups is 1. The zero-order chi connectivity index (χ0) is 26.9. The summed E-state index contributed by atoms with van der Waals surface area (Å²) in [6, 6.07) is 27.9. The van der Waals surface area contributed by atoms with Gasteiger partial charge in [-0.3, -0.25) is 10.1 Å². The van der Waals surface area contributed by atoms with Crippen LogP contribution in [0.2, 0.25) is 0 Å². The fourth-order valence-electron chi connectivity index (χ4n) is 4.05. The van der Waals surface area contributed by atoms with Crippen molar-refractivity contribution in [2.75, 3.05) is 11.9 Å². The van der Waals surface area contributed by atoms with Gasteiger partial charge in [0.15, 0.2) is 0 Å². The topological polar surface area (TPSA) is 97.4 Å². The zero-order valence-electron chi connectivity index (χ0n) is 21.0. The fraction of sp³-hybridized carbons (Fsp3) is 0.129. The third-order valence-electron chi connectivity index (χ3n) is 5.99. The molecule has 0 aliphatic rings. The molecule has 0 radical (unpaired) electrons. The van der Waals surface area contributed by atoms with Gasteiger partial charge in [-0.25, -0.2) is 0 Å². The highest BCUT2D eigenvalue weighted by molar-refractivity contribution is 5.64. The second kappa shape index (κ2) is 12.2. The zero-order valence-corrected chi connectivity index (χ0v) is 21.0. The van der Waals surface area contributed by atoms with Crippen molar-refractivity contribution in [2.24, 2.45) is 0 Å². The fourth-order valence-corrected chi connectivity index (χ4v) is 4.05. The lowest BCUT2D eigenvalue weighted by atomic mass is 9.99. The summed E-state index contributed by atoms with van der Waals surface area (Å²) in [6.45, 7) is 6.31. The van der Waals surface area contributed by atoms with E-state index in [4.69, 9.17) is 14.7 Å². The first-order valence-electron chi connectivity index (χ1n) is 12.1. The minimum atomic E-state index is -0.323. The molecule has 7 nitrogen and oxygen atoms in total. The summed E-state index contributed by atoms with van der Waals surface area (Å²) < 4.78 is 11.5. The molecule has 190 valence electrons. The number of rotatable bonds is 11. The lowest BCUT2D eigenvalue weighted by Crippen LogP contribution is -2.05. The molecule has 0 fully saturated rings. The lowest BCUT2D eigenvalue weighted by molar-refractivity contribution is -0.386. The van der Waals surface area contributed by atoms with E-state index >= 15 is 0 Å². The summed E-state index contributed by atoms with van der Waals surface area (Å²) in [6.07, 6.45) is 2.10. The molecule has 4 aromatic carbocycles. The van der Waals surface area contributed by atoms with E-state index in [0.29, 0.717) is 59.2 Å². The Morgan fingerprint density at radius 1 is 0.974 bits per heavy atom. The van der Waals surface area contributed by atoms with Crippen molar-refractivity contribution in [1.29, 1.82) is 5.26 Å². The summed E-state index contributed by atoms with van der Waals surface area (Å²) in [7, 11) is 0. The molecule has 0 unspecified atom stereocenters. The van der Waals surface area contributed by atoms with Gasteiger partial charge in [-0.05, 0) is 66.6 Å². The maximum absolute atomic E-state index is 12.0. The Kier molecular flexibility index (Phi) is 8.37. The van der Waals surface area contributed by atoms with E-state index in [2.05, 4.69) is 18.0 Å². The third kappa shape index (κ3) is 6.56. The van der Waals surface area contributed by atoms with Gasteiger partial charge in [0.25, 0.3) is 5.69 Å². The van der Waals surface area contributed by atoms with Crippen LogP contribution in [-0.2, 0) is 13.0 Å². The number of anilines is 1. The number of ether oxygens (including phenoxy) is 2. The molecule has 0 aliphatic heterocycles. The molecule has 0 aliphatic carbocycles. The van der Waals surface area contributed by atoms with Crippen LogP contribution < -0.4 is 14.8 Å². The van der Waals surface area contributed by atoms with Crippen molar-refractivity contribution in [3.05, 3.63) is 136 Å². The summed E-state index contributed by atoms with van der Waals surface area (Å²) in [5, 5.41) is 24.2. The van der Waals surface area contributed by atoms with E-state index in [-0.39, 0.29) is 10.6 Å². The highest BCUT2D eigenvalue weighted by atomic mass is 16.6. The molecule has 0 bridgehead atoms. The first kappa shape index (κ1) is 26.0. The van der Waals surface area contributed by atoms with Gasteiger partial charge in [0.05, 0.1) is 22.1 Å². The minimum Gasteiger partial charge on any atom is -0.489 e. The Morgan fingerprint density at radius 2 is 1.68 bits per heavy atom. The lowest BCUT2D eigenvalue weighted by Gasteiger charge is -2.13. The monoisotopic (exact) mass is 505 g/mol. The van der Waals surface area contributed by atoms with Crippen molar-refractivity contribution in [3.63, 3.8) is 0 Å². The molecule has 0 heterocycles. The molecule has 0 aromatic heterocycles. The predicted octanol–water partition coefficient (Wildman–Crippen LogP) is 7.33. The average Bonchev–Trinajstić information content (AvgIpc) is 2.93. The van der Waals surface area contributed by atoms with E-state index < -0.39 is 0 Å². The van der Waals surface area contributed by atoms with E-state index in [1.807, 2.05) is 60.7 Å². The van der Waals surface area contributed by atoms with Gasteiger partial charge < -0.3 is 14.8 Å². The number of nitro benzene ring substituents is 1. The van der Waals surface area contributed by atoms with Gasteiger partial charge in [-0.15, -0.1) is 0 Å². The molecule has 1 N–H and O–H groups in total. The molecule has 0 saturated heterocycles. The molecule has 4 aromatic rings. The van der Waals surface area contributed by atoms with Crippen LogP contribution in [-0.4, -0.2) is 11.5 Å². The van der Waals surface area contributed by atoms with Gasteiger partial charge in [0.2, 0.25) is 0 Å². The van der Waals surface area contributed by atoms with Gasteiger partial charge in [0, 0.05) is 30.3 Å². The molecule has 0 spiro atoms. The van der Waals surface area contributed by atoms with Crippen LogP contribution >= 0.6 is 0 Å². The SMILES string of the molecule is C=CCOc1cccc(Oc2ccc(Cc3ccc(NCc4ccc(C#N)cc4)c(C)c3[N+](=O)[O-])cc2)c1. The molecular weight excluding hydrogens is 478 g/mol. The highest BCUT2D eigenvalue weighted by Crippen LogP contribution is 2.32. The second-order valence-corrected chi connectivity index (χ2v) is 8.66. The third-order valence-corrected chi connectivity index (χ3v) is 5.99. The molecule has 7 heteroatoms. The smallest absolute Gasteiger partial charge is 0.277 e. The molecule has 0 saturated carbocycles. The standard InChI is InChI=1S/C31H27N3O4/c1-3-17-37-28-5-4-6-29(19-28)38-27-14-11-23(12-15-27)18-26-13-16-30(22(2)31(26)34(35)36)33-21-25-9-7-24(20-32)8-10-25/h3-16,19,33H,1,17-18,21H2,2H3. The Balaban J connectivity index is 1.45. The summed E-state index contributed by atoms with van der Waals surface area (Å²) in [5.41, 5.74) is 4.53. The normalized spacial score (nSPS) is 10.3. The summed E-state index contributed by atoms with van der Waals surface area (Å²) in [5.74, 6) is 1.99. The maximum Gasteiger partial charge on any atom is 0.277 e. The Morgan fingerprint density at radius 3 is 2.37 bits per heavy atom. The quantitative estimate of drug-likeness (QED) is 0.130. The van der Waals surface area contributed by atoms with Gasteiger partial charge in [-0.1, -0.05) is 43.0 Å². The molecular formula is C31H27N3O4. The van der Waals surface area contributed by atoms with Crippen LogP contribution in [0.25, 0.3) is 0 Å². The molecule has 0 atom stereocenters. The van der Waals surface area contributed by atoms with Gasteiger partial charge in [-0.2, -0.15) is 5.26 Å². The van der Waals surface area contributed by atoms with Crippen molar-refractivity contribution in [3.8, 4) is 23.3 Å². The minimum absolute atomic E-state index is 0.103. The van der Waals surface area contributed by atoms with Crippen LogP contribution in [0.3, 0.4) is 0 Å². The van der Waals surface area contributed by atoms with Crippen molar-refractivity contribution in [2.45, 2.75) is 19.9 Å². The predicted molar refractivity (Wildman–Crippen MR) is 148 cm³/mol. The first-order valence-corrected chi connectivity index (χ1v) is 12.1. The van der Waals surface area contributed by atoms with Crippen molar-refractivity contribution < 1.29 is 14.4 Å². The summed E-state index contributed by atoms with van der Waals surface area (Å²) in [4.78, 5) is 11.7. The van der Waals surface area contributed by atoms with Crippen LogP contribution in [0.5, 0.6) is 17.2 Å². The average molecular weight is 506 g/mol. The number of hydrogen-bond acceptors (Lipinski definition) is 6. The van der Waals surface area contributed by atoms with Gasteiger partial charge >= 0.3 is 0 Å². The Bertz CT molecular complexity index is 1470. The Hall–Kier alpha value is -5.09. The first-order chi connectivity index (χ1) is 18.5. The Labute approximate surface area is 221 Å². The molecule has 0 amide bonds. The highest BCUT2D eigenvalue weighted by Gasteiger charge is 2.20. The van der Waals surface area contributed by atoms with Crippen molar-refractivity contribution >= 4 is 11.4 Å². The second-order valence-electron chi connectivity index (χ2n) is 8.66. The van der Waals surface area contributed by atoms with Gasteiger partial charge in [0.1, 0.15) is 23.9 Å². The van der Waals surface area contributed by atoms with E-state index in [0.717, 1.165) is 11.1 Å². The van der Waals surface area contributed by atoms with Crippen LogP contribution in [0.15, 0.2) is 97.6 Å². The van der Waals surface area contributed by atoms with E-state index in [1.54, 1.807) is 37.3 Å². The van der Waals surface area contributed by atoms with Crippen molar-refractivity contribution in [1.82, 2.24) is 0 Å². The van der Waals surface area contributed by atoms with Crippen LogP contribution in [0.1, 0.15) is 27.8 Å². The van der Waals surface area contributed by atoms with E-state index in [9.17, 15) is 10.1 Å². The van der Waals surface area contributed by atoms with Crippen LogP contribution in [0.4, 0.5) is 11.4 Å². The largest absolute Gasteiger partial charge is 0.489 e. The number of benzene rings is 4. The summed E-state index contributed by atoms with van der Waals surface area (Å²) >= 11 is 0. The number of hydrogen-bond donors (Lipinski definition) is 1.